The minimum Gasteiger partial charge on any atom is -0.381 e. The lowest BCUT2D eigenvalue weighted by Gasteiger charge is -2.30. The highest BCUT2D eigenvalue weighted by molar-refractivity contribution is 5.39. The van der Waals surface area contributed by atoms with E-state index in [2.05, 4.69) is 0 Å². The molecule has 0 radical (unpaired) electrons. The molecule has 0 saturated carbocycles. The number of hydrogen-bond donors (Lipinski definition) is 1. The minimum absolute atomic E-state index is 0.0593. The summed E-state index contributed by atoms with van der Waals surface area (Å²) in [5.41, 5.74) is 1.46. The molecule has 9 heteroatoms. The molecule has 1 fully saturated rings. The standard InChI is InChI=1S/C14H14F7NO/c15-10-6-8(13(16,17)18)5-9(14(19,20)21)11(10)12(22)7-1-3-23-4-2-7/h5-7,12H,1-4,22H2/t12-/m0/s1. The highest BCUT2D eigenvalue weighted by Gasteiger charge is 2.42. The van der Waals surface area contributed by atoms with Crippen LogP contribution in [0.4, 0.5) is 30.7 Å². The number of alkyl halides is 6. The first-order valence-corrected chi connectivity index (χ1v) is 6.83. The number of rotatable bonds is 2. The van der Waals surface area contributed by atoms with Crippen molar-refractivity contribution in [2.24, 2.45) is 11.7 Å². The third-order valence-electron chi connectivity index (χ3n) is 3.87. The quantitative estimate of drug-likeness (QED) is 0.812. The second-order valence-electron chi connectivity index (χ2n) is 5.39. The monoisotopic (exact) mass is 345 g/mol. The molecule has 23 heavy (non-hydrogen) atoms. The van der Waals surface area contributed by atoms with Gasteiger partial charge in [-0.3, -0.25) is 0 Å². The molecule has 2 rings (SSSR count). The van der Waals surface area contributed by atoms with E-state index >= 15 is 0 Å². The molecule has 1 aliphatic rings. The molecule has 0 amide bonds. The van der Waals surface area contributed by atoms with E-state index in [0.29, 0.717) is 12.8 Å². The number of halogens is 7. The van der Waals surface area contributed by atoms with Crippen molar-refractivity contribution in [3.8, 4) is 0 Å². The molecule has 0 bridgehead atoms. The van der Waals surface area contributed by atoms with Crippen LogP contribution in [-0.2, 0) is 17.1 Å². The predicted molar refractivity (Wildman–Crippen MR) is 66.9 cm³/mol. The Hall–Kier alpha value is -1.35. The van der Waals surface area contributed by atoms with Crippen molar-refractivity contribution in [2.45, 2.75) is 31.2 Å². The first kappa shape index (κ1) is 18.0. The fourth-order valence-electron chi connectivity index (χ4n) is 2.67. The van der Waals surface area contributed by atoms with Crippen molar-refractivity contribution in [3.63, 3.8) is 0 Å². The van der Waals surface area contributed by atoms with E-state index in [-0.39, 0.29) is 25.3 Å². The van der Waals surface area contributed by atoms with Crippen LogP contribution in [0.25, 0.3) is 0 Å². The molecule has 2 nitrogen and oxygen atoms in total. The summed E-state index contributed by atoms with van der Waals surface area (Å²) < 4.78 is 96.4. The maximum atomic E-state index is 14.1. The molecule has 1 aromatic rings. The van der Waals surface area contributed by atoms with Gasteiger partial charge in [0.15, 0.2) is 0 Å². The van der Waals surface area contributed by atoms with Crippen LogP contribution in [0.5, 0.6) is 0 Å². The Balaban J connectivity index is 2.53. The van der Waals surface area contributed by atoms with Crippen LogP contribution in [0.15, 0.2) is 12.1 Å². The van der Waals surface area contributed by atoms with Gasteiger partial charge in [0.05, 0.1) is 11.1 Å². The zero-order chi connectivity index (χ0) is 17.4. The third-order valence-corrected chi connectivity index (χ3v) is 3.87. The van der Waals surface area contributed by atoms with Gasteiger partial charge in [-0.25, -0.2) is 4.39 Å². The van der Waals surface area contributed by atoms with E-state index in [1.54, 1.807) is 0 Å². The van der Waals surface area contributed by atoms with Crippen LogP contribution >= 0.6 is 0 Å². The van der Waals surface area contributed by atoms with Crippen LogP contribution < -0.4 is 5.73 Å². The lowest BCUT2D eigenvalue weighted by molar-refractivity contribution is -0.144. The fourth-order valence-corrected chi connectivity index (χ4v) is 2.67. The summed E-state index contributed by atoms with van der Waals surface area (Å²) in [6, 6.07) is -1.38. The van der Waals surface area contributed by atoms with Gasteiger partial charge in [-0.15, -0.1) is 0 Å². The smallest absolute Gasteiger partial charge is 0.381 e. The van der Waals surface area contributed by atoms with Gasteiger partial charge in [-0.1, -0.05) is 0 Å². The molecular formula is C14H14F7NO. The van der Waals surface area contributed by atoms with Gasteiger partial charge in [0.2, 0.25) is 0 Å². The summed E-state index contributed by atoms with van der Waals surface area (Å²) in [4.78, 5) is 0. The van der Waals surface area contributed by atoms with Crippen molar-refractivity contribution in [1.29, 1.82) is 0 Å². The van der Waals surface area contributed by atoms with Crippen LogP contribution in [0.1, 0.15) is 35.6 Å². The Kier molecular flexibility index (Phi) is 4.91. The molecule has 0 unspecified atom stereocenters. The number of ether oxygens (including phenoxy) is 1. The average Bonchev–Trinajstić information content (AvgIpc) is 2.44. The molecule has 1 saturated heterocycles. The Morgan fingerprint density at radius 3 is 2.04 bits per heavy atom. The van der Waals surface area contributed by atoms with Crippen molar-refractivity contribution in [2.75, 3.05) is 13.2 Å². The van der Waals surface area contributed by atoms with Crippen LogP contribution in [0.3, 0.4) is 0 Å². The lowest BCUT2D eigenvalue weighted by atomic mass is 9.84. The predicted octanol–water partition coefficient (Wildman–Crippen LogP) is 4.29. The highest BCUT2D eigenvalue weighted by atomic mass is 19.4. The molecule has 1 heterocycles. The summed E-state index contributed by atoms with van der Waals surface area (Å²) >= 11 is 0. The van der Waals surface area contributed by atoms with Crippen molar-refractivity contribution in [3.05, 3.63) is 34.6 Å². The SMILES string of the molecule is N[C@H](c1c(F)cc(C(F)(F)F)cc1C(F)(F)F)C1CCOCC1. The zero-order valence-electron chi connectivity index (χ0n) is 11.8. The molecule has 0 aliphatic carbocycles. The first-order chi connectivity index (χ1) is 10.5. The molecule has 130 valence electrons. The van der Waals surface area contributed by atoms with Crippen LogP contribution in [-0.4, -0.2) is 13.2 Å². The van der Waals surface area contributed by atoms with Gasteiger partial charge in [-0.05, 0) is 30.9 Å². The van der Waals surface area contributed by atoms with Gasteiger partial charge >= 0.3 is 12.4 Å². The van der Waals surface area contributed by atoms with E-state index in [1.165, 1.54) is 0 Å². The summed E-state index contributed by atoms with van der Waals surface area (Å²) in [5, 5.41) is 0. The molecule has 2 N–H and O–H groups in total. The van der Waals surface area contributed by atoms with Gasteiger partial charge in [-0.2, -0.15) is 26.3 Å². The Morgan fingerprint density at radius 1 is 1.00 bits per heavy atom. The number of benzene rings is 1. The van der Waals surface area contributed by atoms with Gasteiger partial charge in [0.25, 0.3) is 0 Å². The lowest BCUT2D eigenvalue weighted by Crippen LogP contribution is -2.30. The molecule has 1 atom stereocenters. The number of hydrogen-bond acceptors (Lipinski definition) is 2. The highest BCUT2D eigenvalue weighted by Crippen LogP contribution is 2.42. The maximum Gasteiger partial charge on any atom is 0.416 e. The van der Waals surface area contributed by atoms with E-state index in [0.717, 1.165) is 0 Å². The zero-order valence-corrected chi connectivity index (χ0v) is 11.8. The summed E-state index contributed by atoms with van der Waals surface area (Å²) in [7, 11) is 0. The van der Waals surface area contributed by atoms with E-state index < -0.39 is 46.8 Å². The van der Waals surface area contributed by atoms with Crippen molar-refractivity contribution >= 4 is 0 Å². The first-order valence-electron chi connectivity index (χ1n) is 6.83. The summed E-state index contributed by atoms with van der Waals surface area (Å²) in [6.07, 6.45) is -9.58. The summed E-state index contributed by atoms with van der Waals surface area (Å²) in [6.45, 7) is 0.532. The molecule has 0 aromatic heterocycles. The van der Waals surface area contributed by atoms with E-state index in [4.69, 9.17) is 10.5 Å². The maximum absolute atomic E-state index is 14.1. The Morgan fingerprint density at radius 2 is 1.57 bits per heavy atom. The van der Waals surface area contributed by atoms with Crippen molar-refractivity contribution in [1.82, 2.24) is 0 Å². The Labute approximate surface area is 127 Å². The topological polar surface area (TPSA) is 35.2 Å². The second kappa shape index (κ2) is 6.27. The molecule has 1 aromatic carbocycles. The van der Waals surface area contributed by atoms with Gasteiger partial charge in [0, 0.05) is 24.8 Å². The molecule has 0 spiro atoms. The van der Waals surface area contributed by atoms with Gasteiger partial charge < -0.3 is 10.5 Å². The molecule has 1 aliphatic heterocycles. The average molecular weight is 345 g/mol. The van der Waals surface area contributed by atoms with Crippen LogP contribution in [0, 0.1) is 11.7 Å². The summed E-state index contributed by atoms with van der Waals surface area (Å²) in [5.74, 6) is -2.08. The minimum atomic E-state index is -5.14. The van der Waals surface area contributed by atoms with E-state index in [9.17, 15) is 30.7 Å². The van der Waals surface area contributed by atoms with E-state index in [1.807, 2.05) is 0 Å². The van der Waals surface area contributed by atoms with Crippen LogP contribution in [0.2, 0.25) is 0 Å². The van der Waals surface area contributed by atoms with Crippen molar-refractivity contribution < 1.29 is 35.5 Å². The molecular weight excluding hydrogens is 331 g/mol. The normalized spacial score (nSPS) is 19.0. The Bertz CT molecular complexity index is 561. The second-order valence-corrected chi connectivity index (χ2v) is 5.39. The number of nitrogens with two attached hydrogens (primary N) is 1. The third kappa shape index (κ3) is 3.95. The van der Waals surface area contributed by atoms with Gasteiger partial charge in [0.1, 0.15) is 5.82 Å². The largest absolute Gasteiger partial charge is 0.416 e. The fraction of sp³-hybridized carbons (Fsp3) is 0.571.